The van der Waals surface area contributed by atoms with Crippen molar-refractivity contribution in [2.75, 3.05) is 18.7 Å². The van der Waals surface area contributed by atoms with Crippen LogP contribution in [-0.4, -0.2) is 29.0 Å². The summed E-state index contributed by atoms with van der Waals surface area (Å²) in [6.45, 7) is 7.73. The third kappa shape index (κ3) is 3.35. The molecule has 7 nitrogen and oxygen atoms in total. The van der Waals surface area contributed by atoms with Crippen molar-refractivity contribution in [2.45, 2.75) is 33.9 Å². The molecule has 1 aromatic heterocycles. The van der Waals surface area contributed by atoms with E-state index in [1.54, 1.807) is 0 Å². The lowest BCUT2D eigenvalue weighted by molar-refractivity contribution is -0.115. The smallest absolute Gasteiger partial charge is 0.238 e. The Bertz CT molecular complexity index is 755. The quantitative estimate of drug-likeness (QED) is 0.847. The molecule has 0 saturated carbocycles. The zero-order chi connectivity index (χ0) is 17.1. The molecule has 2 aromatic rings. The first-order valence-electron chi connectivity index (χ1n) is 8.01. The summed E-state index contributed by atoms with van der Waals surface area (Å²) in [4.78, 5) is 12.1. The Balaban J connectivity index is 1.52. The number of carbonyl (C=O) groups excluding carboxylic acids is 1. The molecule has 7 heteroatoms. The van der Waals surface area contributed by atoms with E-state index >= 15 is 0 Å². The van der Waals surface area contributed by atoms with Crippen LogP contribution < -0.4 is 20.1 Å². The van der Waals surface area contributed by atoms with E-state index in [1.165, 1.54) is 0 Å². The number of aromatic nitrogens is 2. The van der Waals surface area contributed by atoms with Crippen LogP contribution in [0.3, 0.4) is 0 Å². The van der Waals surface area contributed by atoms with Crippen molar-refractivity contribution >= 4 is 11.6 Å². The zero-order valence-corrected chi connectivity index (χ0v) is 14.2. The monoisotopic (exact) mass is 330 g/mol. The van der Waals surface area contributed by atoms with Crippen LogP contribution in [0, 0.1) is 13.8 Å². The van der Waals surface area contributed by atoms with E-state index in [-0.39, 0.29) is 19.2 Å². The summed E-state index contributed by atoms with van der Waals surface area (Å²) in [6, 6.07) is 5.76. The number of hydrogen-bond donors (Lipinski definition) is 2. The topological polar surface area (TPSA) is 77.4 Å². The number of carbonyl (C=O) groups is 1. The lowest BCUT2D eigenvalue weighted by Gasteiger charge is -2.08. The molecule has 3 rings (SSSR count). The largest absolute Gasteiger partial charge is 0.454 e. The molecule has 1 aliphatic heterocycles. The Morgan fingerprint density at radius 1 is 1.29 bits per heavy atom. The first kappa shape index (κ1) is 16.3. The SMILES string of the molecule is CCn1nc(C)c(NC(=O)CNCc2ccc3c(c2)OCO3)c1C. The van der Waals surface area contributed by atoms with Crippen molar-refractivity contribution in [1.29, 1.82) is 0 Å². The highest BCUT2D eigenvalue weighted by atomic mass is 16.7. The molecular formula is C17H22N4O3. The number of hydrogen-bond acceptors (Lipinski definition) is 5. The van der Waals surface area contributed by atoms with Gasteiger partial charge in [0.25, 0.3) is 0 Å². The molecule has 24 heavy (non-hydrogen) atoms. The number of aryl methyl sites for hydroxylation is 2. The van der Waals surface area contributed by atoms with Crippen LogP contribution in [0.25, 0.3) is 0 Å². The van der Waals surface area contributed by atoms with Gasteiger partial charge in [0, 0.05) is 13.1 Å². The third-order valence-electron chi connectivity index (χ3n) is 4.00. The molecule has 1 aliphatic rings. The van der Waals surface area contributed by atoms with Crippen molar-refractivity contribution < 1.29 is 14.3 Å². The van der Waals surface area contributed by atoms with Gasteiger partial charge < -0.3 is 20.1 Å². The fraction of sp³-hybridized carbons (Fsp3) is 0.412. The van der Waals surface area contributed by atoms with Crippen molar-refractivity contribution in [3.8, 4) is 11.5 Å². The normalized spacial score (nSPS) is 12.5. The van der Waals surface area contributed by atoms with E-state index in [2.05, 4.69) is 15.7 Å². The maximum absolute atomic E-state index is 12.1. The number of anilines is 1. The highest BCUT2D eigenvalue weighted by molar-refractivity contribution is 5.93. The van der Waals surface area contributed by atoms with Crippen molar-refractivity contribution in [1.82, 2.24) is 15.1 Å². The molecule has 1 amide bonds. The molecular weight excluding hydrogens is 308 g/mol. The fourth-order valence-electron chi connectivity index (χ4n) is 2.74. The van der Waals surface area contributed by atoms with E-state index in [9.17, 15) is 4.79 Å². The standard InChI is InChI=1S/C17H22N4O3/c1-4-21-12(3)17(11(2)20-21)19-16(22)9-18-8-13-5-6-14-15(7-13)24-10-23-14/h5-7,18H,4,8-10H2,1-3H3,(H,19,22). The molecule has 0 aliphatic carbocycles. The van der Waals surface area contributed by atoms with E-state index in [0.29, 0.717) is 6.54 Å². The van der Waals surface area contributed by atoms with Gasteiger partial charge >= 0.3 is 0 Å². The molecule has 128 valence electrons. The number of rotatable bonds is 6. The molecule has 1 aromatic carbocycles. The minimum Gasteiger partial charge on any atom is -0.454 e. The summed E-state index contributed by atoms with van der Waals surface area (Å²) in [5.41, 5.74) is 3.64. The summed E-state index contributed by atoms with van der Waals surface area (Å²) in [7, 11) is 0. The lowest BCUT2D eigenvalue weighted by Crippen LogP contribution is -2.28. The summed E-state index contributed by atoms with van der Waals surface area (Å²) < 4.78 is 12.5. The van der Waals surface area contributed by atoms with E-state index < -0.39 is 0 Å². The third-order valence-corrected chi connectivity index (χ3v) is 4.00. The minimum absolute atomic E-state index is 0.0856. The van der Waals surface area contributed by atoms with Gasteiger partial charge in [-0.25, -0.2) is 0 Å². The number of nitrogens with zero attached hydrogens (tertiary/aromatic N) is 2. The Morgan fingerprint density at radius 3 is 2.83 bits per heavy atom. The molecule has 2 heterocycles. The second kappa shape index (κ2) is 6.92. The van der Waals surface area contributed by atoms with Crippen LogP contribution in [0.4, 0.5) is 5.69 Å². The molecule has 0 radical (unpaired) electrons. The average Bonchev–Trinajstić information content (AvgIpc) is 3.13. The second-order valence-electron chi connectivity index (χ2n) is 5.70. The second-order valence-corrected chi connectivity index (χ2v) is 5.70. The van der Waals surface area contributed by atoms with Gasteiger partial charge in [0.05, 0.1) is 23.6 Å². The van der Waals surface area contributed by atoms with Crippen molar-refractivity contribution in [3.05, 3.63) is 35.2 Å². The highest BCUT2D eigenvalue weighted by Crippen LogP contribution is 2.32. The number of fused-ring (bicyclic) bond motifs is 1. The van der Waals surface area contributed by atoms with Gasteiger partial charge in [-0.15, -0.1) is 0 Å². The fourth-order valence-corrected chi connectivity index (χ4v) is 2.74. The number of amides is 1. The van der Waals surface area contributed by atoms with Crippen LogP contribution in [0.5, 0.6) is 11.5 Å². The summed E-state index contributed by atoms with van der Waals surface area (Å²) in [5, 5.41) is 10.5. The maximum atomic E-state index is 12.1. The van der Waals surface area contributed by atoms with Crippen LogP contribution in [0.15, 0.2) is 18.2 Å². The van der Waals surface area contributed by atoms with E-state index in [4.69, 9.17) is 9.47 Å². The summed E-state index contributed by atoms with van der Waals surface area (Å²) >= 11 is 0. The van der Waals surface area contributed by atoms with Crippen LogP contribution in [-0.2, 0) is 17.9 Å². The molecule has 0 saturated heterocycles. The number of ether oxygens (including phenoxy) is 2. The van der Waals surface area contributed by atoms with Crippen molar-refractivity contribution in [3.63, 3.8) is 0 Å². The average molecular weight is 330 g/mol. The summed E-state index contributed by atoms with van der Waals surface area (Å²) in [5.74, 6) is 1.42. The zero-order valence-electron chi connectivity index (χ0n) is 14.2. The molecule has 0 bridgehead atoms. The van der Waals surface area contributed by atoms with Gasteiger partial charge in [0.1, 0.15) is 0 Å². The first-order valence-corrected chi connectivity index (χ1v) is 8.01. The summed E-state index contributed by atoms with van der Waals surface area (Å²) in [6.07, 6.45) is 0. The first-order chi connectivity index (χ1) is 11.6. The Morgan fingerprint density at radius 2 is 2.08 bits per heavy atom. The Kier molecular flexibility index (Phi) is 4.71. The van der Waals surface area contributed by atoms with E-state index in [1.807, 2.05) is 43.7 Å². The highest BCUT2D eigenvalue weighted by Gasteiger charge is 2.14. The van der Waals surface area contributed by atoms with Gasteiger partial charge in [0.15, 0.2) is 11.5 Å². The van der Waals surface area contributed by atoms with Gasteiger partial charge in [-0.05, 0) is 38.5 Å². The van der Waals surface area contributed by atoms with Gasteiger partial charge in [-0.2, -0.15) is 5.10 Å². The van der Waals surface area contributed by atoms with Crippen LogP contribution >= 0.6 is 0 Å². The molecule has 0 unspecified atom stereocenters. The molecule has 2 N–H and O–H groups in total. The lowest BCUT2D eigenvalue weighted by atomic mass is 10.2. The van der Waals surface area contributed by atoms with Gasteiger partial charge in [0.2, 0.25) is 12.7 Å². The molecule has 0 spiro atoms. The van der Waals surface area contributed by atoms with E-state index in [0.717, 1.165) is 40.7 Å². The number of benzene rings is 1. The van der Waals surface area contributed by atoms with Crippen LogP contribution in [0.1, 0.15) is 23.9 Å². The van der Waals surface area contributed by atoms with Crippen LogP contribution in [0.2, 0.25) is 0 Å². The van der Waals surface area contributed by atoms with Gasteiger partial charge in [-0.1, -0.05) is 6.07 Å². The minimum atomic E-state index is -0.0856. The maximum Gasteiger partial charge on any atom is 0.238 e. The molecule has 0 fully saturated rings. The van der Waals surface area contributed by atoms with Crippen molar-refractivity contribution in [2.24, 2.45) is 0 Å². The Labute approximate surface area is 140 Å². The van der Waals surface area contributed by atoms with Gasteiger partial charge in [-0.3, -0.25) is 9.48 Å². The Hall–Kier alpha value is -2.54. The number of nitrogens with one attached hydrogen (secondary N) is 2. The predicted molar refractivity (Wildman–Crippen MR) is 90.3 cm³/mol. The predicted octanol–water partition coefficient (Wildman–Crippen LogP) is 1.98. The molecule has 0 atom stereocenters.